The number of morpholine rings is 1. The zero-order valence-electron chi connectivity index (χ0n) is 12.3. The van der Waals surface area contributed by atoms with Gasteiger partial charge in [0.15, 0.2) is 0 Å². The van der Waals surface area contributed by atoms with Crippen LogP contribution in [0.1, 0.15) is 18.5 Å². The van der Waals surface area contributed by atoms with Gasteiger partial charge in [0, 0.05) is 55.9 Å². The van der Waals surface area contributed by atoms with E-state index in [9.17, 15) is 0 Å². The summed E-state index contributed by atoms with van der Waals surface area (Å²) in [5.74, 6) is 0.647. The number of nitrogens with one attached hydrogen (secondary N) is 1. The molecule has 1 aliphatic carbocycles. The molecule has 2 aromatic rings. The van der Waals surface area contributed by atoms with E-state index in [2.05, 4.69) is 51.1 Å². The van der Waals surface area contributed by atoms with Crippen LogP contribution >= 0.6 is 0 Å². The maximum atomic E-state index is 6.15. The van der Waals surface area contributed by atoms with E-state index in [0.29, 0.717) is 18.1 Å². The van der Waals surface area contributed by atoms with Crippen molar-refractivity contribution in [2.45, 2.75) is 38.1 Å². The third kappa shape index (κ3) is 2.65. The summed E-state index contributed by atoms with van der Waals surface area (Å²) in [4.78, 5) is 5.93. The second-order valence-electron chi connectivity index (χ2n) is 6.29. The largest absolute Gasteiger partial charge is 0.375 e. The Kier molecular flexibility index (Phi) is 3.57. The number of nitrogens with zero attached hydrogens (tertiary/aromatic N) is 2. The number of hydrogen-bond donors (Lipinski definition) is 1. The molecule has 0 amide bonds. The first kappa shape index (κ1) is 13.2. The zero-order chi connectivity index (χ0) is 14.1. The van der Waals surface area contributed by atoms with Gasteiger partial charge in [-0.15, -0.1) is 0 Å². The lowest BCUT2D eigenvalue weighted by molar-refractivity contribution is -0.0788. The van der Waals surface area contributed by atoms with E-state index in [-0.39, 0.29) is 0 Å². The predicted octanol–water partition coefficient (Wildman–Crippen LogP) is 2.50. The lowest BCUT2D eigenvalue weighted by Gasteiger charge is -2.39. The van der Waals surface area contributed by atoms with Crippen LogP contribution in [0.15, 0.2) is 42.9 Å². The van der Waals surface area contributed by atoms with E-state index >= 15 is 0 Å². The Bertz CT molecular complexity index is 549. The molecule has 4 heteroatoms. The second-order valence-corrected chi connectivity index (χ2v) is 6.29. The minimum Gasteiger partial charge on any atom is -0.375 e. The average molecular weight is 285 g/mol. The fourth-order valence-corrected chi connectivity index (χ4v) is 3.98. The number of H-pyrrole nitrogens is 1. The fraction of sp³-hybridized carbons (Fsp3) is 0.529. The topological polar surface area (TPSA) is 33.2 Å². The van der Waals surface area contributed by atoms with E-state index in [1.165, 1.54) is 18.5 Å². The third-order valence-corrected chi connectivity index (χ3v) is 4.98. The molecule has 0 bridgehead atoms. The first-order valence-electron chi connectivity index (χ1n) is 7.99. The van der Waals surface area contributed by atoms with Gasteiger partial charge in [0.05, 0.1) is 12.7 Å². The first-order chi connectivity index (χ1) is 10.4. The maximum absolute atomic E-state index is 6.15. The smallest absolute Gasteiger partial charge is 0.0776 e. The number of aromatic nitrogens is 2. The van der Waals surface area contributed by atoms with E-state index in [1.807, 2.05) is 6.20 Å². The van der Waals surface area contributed by atoms with Gasteiger partial charge in [-0.2, -0.15) is 0 Å². The molecular formula is C17H23N3O. The summed E-state index contributed by atoms with van der Waals surface area (Å²) in [7, 11) is 0. The monoisotopic (exact) mass is 285 g/mol. The van der Waals surface area contributed by atoms with Gasteiger partial charge < -0.3 is 14.3 Å². The van der Waals surface area contributed by atoms with E-state index < -0.39 is 0 Å². The van der Waals surface area contributed by atoms with Crippen LogP contribution in [0.4, 0.5) is 0 Å². The Balaban J connectivity index is 1.44. The second kappa shape index (κ2) is 5.70. The molecule has 1 saturated heterocycles. The summed E-state index contributed by atoms with van der Waals surface area (Å²) in [5, 5.41) is 0. The third-order valence-electron chi connectivity index (χ3n) is 4.98. The number of fused-ring (bicyclic) bond motifs is 1. The molecule has 0 spiro atoms. The van der Waals surface area contributed by atoms with Crippen LogP contribution in [0.5, 0.6) is 0 Å². The maximum Gasteiger partial charge on any atom is 0.0776 e. The lowest BCUT2D eigenvalue weighted by Crippen LogP contribution is -2.50. The molecule has 21 heavy (non-hydrogen) atoms. The van der Waals surface area contributed by atoms with Crippen LogP contribution in [-0.4, -0.2) is 39.7 Å². The molecule has 3 atom stereocenters. The molecule has 112 valence electrons. The van der Waals surface area contributed by atoms with Crippen LogP contribution in [0, 0.1) is 5.92 Å². The van der Waals surface area contributed by atoms with Gasteiger partial charge >= 0.3 is 0 Å². The SMILES string of the molecule is c1c[nH]c(CN2CCO[C@@H]3[C@H](Cn4cccc4)CC[C@H]32)c1. The van der Waals surface area contributed by atoms with Crippen molar-refractivity contribution in [2.24, 2.45) is 5.92 Å². The van der Waals surface area contributed by atoms with Crippen LogP contribution in [-0.2, 0) is 17.8 Å². The van der Waals surface area contributed by atoms with Crippen molar-refractivity contribution in [1.29, 1.82) is 0 Å². The highest BCUT2D eigenvalue weighted by Gasteiger charge is 2.42. The lowest BCUT2D eigenvalue weighted by atomic mass is 10.0. The summed E-state index contributed by atoms with van der Waals surface area (Å²) >= 11 is 0. The minimum absolute atomic E-state index is 0.399. The van der Waals surface area contributed by atoms with Gasteiger partial charge in [-0.05, 0) is 37.1 Å². The quantitative estimate of drug-likeness (QED) is 0.936. The number of hydrogen-bond acceptors (Lipinski definition) is 2. The summed E-state index contributed by atoms with van der Waals surface area (Å²) in [6.07, 6.45) is 9.26. The van der Waals surface area contributed by atoms with Crippen LogP contribution < -0.4 is 0 Å². The molecule has 0 unspecified atom stereocenters. The molecule has 1 N–H and O–H groups in total. The minimum atomic E-state index is 0.399. The Morgan fingerprint density at radius 2 is 2.10 bits per heavy atom. The van der Waals surface area contributed by atoms with Gasteiger partial charge in [-0.1, -0.05) is 0 Å². The molecule has 1 saturated carbocycles. The molecule has 2 aliphatic rings. The first-order valence-corrected chi connectivity index (χ1v) is 7.99. The van der Waals surface area contributed by atoms with Crippen LogP contribution in [0.25, 0.3) is 0 Å². The highest BCUT2D eigenvalue weighted by Crippen LogP contribution is 2.36. The number of ether oxygens (including phenoxy) is 1. The van der Waals surface area contributed by atoms with Crippen molar-refractivity contribution in [3.8, 4) is 0 Å². The van der Waals surface area contributed by atoms with Gasteiger partial charge in [0.2, 0.25) is 0 Å². The van der Waals surface area contributed by atoms with E-state index in [4.69, 9.17) is 4.74 Å². The van der Waals surface area contributed by atoms with Gasteiger partial charge in [-0.3, -0.25) is 4.90 Å². The van der Waals surface area contributed by atoms with Crippen LogP contribution in [0.3, 0.4) is 0 Å². The van der Waals surface area contributed by atoms with Crippen molar-refractivity contribution in [3.63, 3.8) is 0 Å². The Labute approximate surface area is 125 Å². The highest BCUT2D eigenvalue weighted by molar-refractivity contribution is 5.05. The molecule has 4 nitrogen and oxygen atoms in total. The van der Waals surface area contributed by atoms with Gasteiger partial charge in [0.25, 0.3) is 0 Å². The van der Waals surface area contributed by atoms with E-state index in [1.54, 1.807) is 0 Å². The Morgan fingerprint density at radius 3 is 2.90 bits per heavy atom. The van der Waals surface area contributed by atoms with Crippen molar-refractivity contribution >= 4 is 0 Å². The molecule has 0 aromatic carbocycles. The Hall–Kier alpha value is -1.52. The molecule has 1 aliphatic heterocycles. The Morgan fingerprint density at radius 1 is 1.19 bits per heavy atom. The molecule has 3 heterocycles. The van der Waals surface area contributed by atoms with Crippen molar-refractivity contribution in [1.82, 2.24) is 14.5 Å². The molecule has 4 rings (SSSR count). The van der Waals surface area contributed by atoms with Crippen molar-refractivity contribution in [2.75, 3.05) is 13.2 Å². The summed E-state index contributed by atoms with van der Waals surface area (Å²) in [6.45, 7) is 4.03. The highest BCUT2D eigenvalue weighted by atomic mass is 16.5. The normalized spacial score (nSPS) is 29.6. The van der Waals surface area contributed by atoms with Crippen LogP contribution in [0.2, 0.25) is 0 Å². The summed E-state index contributed by atoms with van der Waals surface area (Å²) < 4.78 is 8.44. The molecule has 2 fully saturated rings. The van der Waals surface area contributed by atoms with Crippen molar-refractivity contribution in [3.05, 3.63) is 48.5 Å². The average Bonchev–Trinajstić information content (AvgIpc) is 3.22. The van der Waals surface area contributed by atoms with E-state index in [0.717, 1.165) is 26.2 Å². The molecular weight excluding hydrogens is 262 g/mol. The van der Waals surface area contributed by atoms with Gasteiger partial charge in [0.1, 0.15) is 0 Å². The zero-order valence-corrected chi connectivity index (χ0v) is 12.3. The number of rotatable bonds is 4. The van der Waals surface area contributed by atoms with Gasteiger partial charge in [-0.25, -0.2) is 0 Å². The predicted molar refractivity (Wildman–Crippen MR) is 81.9 cm³/mol. The fourth-order valence-electron chi connectivity index (χ4n) is 3.98. The standard InChI is InChI=1S/C17H23N3O/c1-2-9-19(8-1)12-14-5-6-16-17(14)21-11-10-20(16)13-15-4-3-7-18-15/h1-4,7-9,14,16-18H,5-6,10-13H2/t14-,16+,17+/m0/s1. The molecule has 0 radical (unpaired) electrons. The number of aromatic amines is 1. The summed E-state index contributed by atoms with van der Waals surface area (Å²) in [6, 6.07) is 9.05. The summed E-state index contributed by atoms with van der Waals surface area (Å²) in [5.41, 5.74) is 1.31. The van der Waals surface area contributed by atoms with Crippen molar-refractivity contribution < 1.29 is 4.74 Å². The molecule has 2 aromatic heterocycles.